The van der Waals surface area contributed by atoms with Crippen molar-refractivity contribution in [2.45, 2.75) is 26.2 Å². The van der Waals surface area contributed by atoms with Crippen LogP contribution in [0, 0.1) is 0 Å². The maximum Gasteiger partial charge on any atom is 0.0745 e. The fraction of sp³-hybridized carbons (Fsp3) is 0.533. The molecule has 0 aromatic heterocycles. The molecule has 0 aliphatic rings. The van der Waals surface area contributed by atoms with E-state index in [4.69, 9.17) is 22.7 Å². The number of anilines is 1. The smallest absolute Gasteiger partial charge is 0.0745 e. The van der Waals surface area contributed by atoms with Crippen molar-refractivity contribution in [3.63, 3.8) is 0 Å². The number of unbranched alkanes of at least 4 members (excludes halogenated alkanes) is 1. The molecule has 0 unspecified atom stereocenters. The van der Waals surface area contributed by atoms with Gasteiger partial charge in [-0.2, -0.15) is 0 Å². The highest BCUT2D eigenvalue weighted by atomic mass is 32.1. The SMILES string of the molecule is CCCCOCCN(CCC(N)=S)c1ccccc1. The van der Waals surface area contributed by atoms with Gasteiger partial charge in [0.15, 0.2) is 0 Å². The first-order valence-electron chi connectivity index (χ1n) is 6.90. The molecule has 19 heavy (non-hydrogen) atoms. The summed E-state index contributed by atoms with van der Waals surface area (Å²) in [7, 11) is 0. The summed E-state index contributed by atoms with van der Waals surface area (Å²) in [5, 5.41) is 0. The van der Waals surface area contributed by atoms with Crippen LogP contribution in [0.15, 0.2) is 30.3 Å². The van der Waals surface area contributed by atoms with Crippen molar-refractivity contribution in [2.75, 3.05) is 31.2 Å². The minimum absolute atomic E-state index is 0.563. The Labute approximate surface area is 121 Å². The Morgan fingerprint density at radius 3 is 2.58 bits per heavy atom. The molecule has 0 radical (unpaired) electrons. The molecule has 0 fully saturated rings. The standard InChI is InChI=1S/C15H24N2OS/c1-2-3-12-18-13-11-17(10-9-15(16)19)14-7-5-4-6-8-14/h4-8H,2-3,9-13H2,1H3,(H2,16,19). The van der Waals surface area contributed by atoms with Gasteiger partial charge in [-0.25, -0.2) is 0 Å². The van der Waals surface area contributed by atoms with Crippen LogP contribution in [0.2, 0.25) is 0 Å². The Morgan fingerprint density at radius 2 is 1.95 bits per heavy atom. The molecule has 0 heterocycles. The molecule has 3 nitrogen and oxygen atoms in total. The van der Waals surface area contributed by atoms with Crippen LogP contribution in [0.25, 0.3) is 0 Å². The maximum absolute atomic E-state index is 5.63. The van der Waals surface area contributed by atoms with Crippen LogP contribution >= 0.6 is 12.2 Å². The lowest BCUT2D eigenvalue weighted by Crippen LogP contribution is -2.30. The molecule has 0 saturated heterocycles. The molecule has 1 aromatic carbocycles. The van der Waals surface area contributed by atoms with E-state index in [1.54, 1.807) is 0 Å². The summed E-state index contributed by atoms with van der Waals surface area (Å²) in [6.45, 7) is 5.47. The molecule has 0 atom stereocenters. The predicted molar refractivity (Wildman–Crippen MR) is 85.8 cm³/mol. The van der Waals surface area contributed by atoms with Crippen LogP contribution in [-0.4, -0.2) is 31.3 Å². The van der Waals surface area contributed by atoms with Crippen molar-refractivity contribution in [1.82, 2.24) is 0 Å². The number of ether oxygens (including phenoxy) is 1. The van der Waals surface area contributed by atoms with Crippen molar-refractivity contribution >= 4 is 22.9 Å². The number of nitrogens with zero attached hydrogens (tertiary/aromatic N) is 1. The highest BCUT2D eigenvalue weighted by Crippen LogP contribution is 2.13. The second kappa shape index (κ2) is 9.75. The summed E-state index contributed by atoms with van der Waals surface area (Å²) in [5.41, 5.74) is 6.78. The normalized spacial score (nSPS) is 10.4. The number of benzene rings is 1. The van der Waals surface area contributed by atoms with Crippen LogP contribution in [-0.2, 0) is 4.74 Å². The monoisotopic (exact) mass is 280 g/mol. The predicted octanol–water partition coefficient (Wildman–Crippen LogP) is 2.99. The number of hydrogen-bond acceptors (Lipinski definition) is 3. The second-order valence-electron chi connectivity index (χ2n) is 4.50. The summed E-state index contributed by atoms with van der Waals surface area (Å²) in [5.74, 6) is 0. The number of nitrogens with two attached hydrogens (primary N) is 1. The molecule has 0 spiro atoms. The summed E-state index contributed by atoms with van der Waals surface area (Å²) in [6, 6.07) is 10.3. The van der Waals surface area contributed by atoms with Gasteiger partial charge < -0.3 is 15.4 Å². The van der Waals surface area contributed by atoms with Gasteiger partial charge in [-0.05, 0) is 18.6 Å². The zero-order valence-electron chi connectivity index (χ0n) is 11.7. The quantitative estimate of drug-likeness (QED) is 0.528. The zero-order chi connectivity index (χ0) is 13.9. The topological polar surface area (TPSA) is 38.5 Å². The summed E-state index contributed by atoms with van der Waals surface area (Å²) in [6.07, 6.45) is 3.03. The molecule has 106 valence electrons. The summed E-state index contributed by atoms with van der Waals surface area (Å²) < 4.78 is 5.63. The van der Waals surface area contributed by atoms with Crippen molar-refractivity contribution in [2.24, 2.45) is 5.73 Å². The third kappa shape index (κ3) is 7.13. The first kappa shape index (κ1) is 15.9. The van der Waals surface area contributed by atoms with Gasteiger partial charge in [0, 0.05) is 31.8 Å². The lowest BCUT2D eigenvalue weighted by Gasteiger charge is -2.24. The van der Waals surface area contributed by atoms with E-state index in [9.17, 15) is 0 Å². The summed E-state index contributed by atoms with van der Waals surface area (Å²) in [4.78, 5) is 2.83. The van der Waals surface area contributed by atoms with E-state index >= 15 is 0 Å². The zero-order valence-corrected chi connectivity index (χ0v) is 12.5. The minimum Gasteiger partial charge on any atom is -0.393 e. The van der Waals surface area contributed by atoms with Gasteiger partial charge >= 0.3 is 0 Å². The van der Waals surface area contributed by atoms with E-state index in [0.29, 0.717) is 4.99 Å². The van der Waals surface area contributed by atoms with Crippen LogP contribution in [0.5, 0.6) is 0 Å². The number of hydrogen-bond donors (Lipinski definition) is 1. The average molecular weight is 280 g/mol. The van der Waals surface area contributed by atoms with Crippen LogP contribution in [0.3, 0.4) is 0 Å². The highest BCUT2D eigenvalue weighted by Gasteiger charge is 2.06. The van der Waals surface area contributed by atoms with Crippen molar-refractivity contribution in [3.8, 4) is 0 Å². The minimum atomic E-state index is 0.563. The van der Waals surface area contributed by atoms with E-state index < -0.39 is 0 Å². The molecular formula is C15H24N2OS. The molecule has 0 aliphatic heterocycles. The van der Waals surface area contributed by atoms with Crippen molar-refractivity contribution in [1.29, 1.82) is 0 Å². The number of para-hydroxylation sites is 1. The lowest BCUT2D eigenvalue weighted by atomic mass is 10.2. The van der Waals surface area contributed by atoms with E-state index in [2.05, 4.69) is 24.0 Å². The van der Waals surface area contributed by atoms with Gasteiger partial charge in [0.1, 0.15) is 0 Å². The molecule has 2 N–H and O–H groups in total. The molecule has 0 aliphatic carbocycles. The Hall–Kier alpha value is -1.13. The van der Waals surface area contributed by atoms with Gasteiger partial charge in [0.25, 0.3) is 0 Å². The van der Waals surface area contributed by atoms with Crippen LogP contribution in [0.4, 0.5) is 5.69 Å². The van der Waals surface area contributed by atoms with Gasteiger partial charge in [-0.1, -0.05) is 43.8 Å². The lowest BCUT2D eigenvalue weighted by molar-refractivity contribution is 0.137. The Balaban J connectivity index is 2.43. The molecule has 4 heteroatoms. The van der Waals surface area contributed by atoms with Gasteiger partial charge in [0.05, 0.1) is 11.6 Å². The van der Waals surface area contributed by atoms with Crippen molar-refractivity contribution in [3.05, 3.63) is 30.3 Å². The average Bonchev–Trinajstić information content (AvgIpc) is 2.42. The number of thiocarbonyl (C=S) groups is 1. The third-order valence-electron chi connectivity index (χ3n) is 2.90. The van der Waals surface area contributed by atoms with Gasteiger partial charge in [-0.15, -0.1) is 0 Å². The van der Waals surface area contributed by atoms with Crippen LogP contribution < -0.4 is 10.6 Å². The summed E-state index contributed by atoms with van der Waals surface area (Å²) >= 11 is 4.95. The first-order valence-corrected chi connectivity index (χ1v) is 7.31. The second-order valence-corrected chi connectivity index (χ2v) is 5.03. The van der Waals surface area contributed by atoms with E-state index in [1.807, 2.05) is 18.2 Å². The molecule has 0 amide bonds. The first-order chi connectivity index (χ1) is 9.24. The molecule has 1 rings (SSSR count). The Morgan fingerprint density at radius 1 is 1.21 bits per heavy atom. The largest absolute Gasteiger partial charge is 0.393 e. The fourth-order valence-electron chi connectivity index (χ4n) is 1.78. The van der Waals surface area contributed by atoms with E-state index in [1.165, 1.54) is 12.1 Å². The van der Waals surface area contributed by atoms with Crippen molar-refractivity contribution < 1.29 is 4.74 Å². The highest BCUT2D eigenvalue weighted by molar-refractivity contribution is 7.80. The Bertz CT molecular complexity index is 356. The fourth-order valence-corrected chi connectivity index (χ4v) is 1.87. The molecule has 0 bridgehead atoms. The van der Waals surface area contributed by atoms with Gasteiger partial charge in [0.2, 0.25) is 0 Å². The van der Waals surface area contributed by atoms with Crippen LogP contribution in [0.1, 0.15) is 26.2 Å². The third-order valence-corrected chi connectivity index (χ3v) is 3.10. The van der Waals surface area contributed by atoms with E-state index in [0.717, 1.165) is 39.1 Å². The number of rotatable bonds is 10. The molecule has 0 saturated carbocycles. The van der Waals surface area contributed by atoms with Gasteiger partial charge in [-0.3, -0.25) is 0 Å². The molecule has 1 aromatic rings. The van der Waals surface area contributed by atoms with E-state index in [-0.39, 0.29) is 0 Å². The molecular weight excluding hydrogens is 256 g/mol. The Kier molecular flexibility index (Phi) is 8.18. The maximum atomic E-state index is 5.63.